The summed E-state index contributed by atoms with van der Waals surface area (Å²) in [6.07, 6.45) is 2.54. The maximum Gasteiger partial charge on any atom is 0.178 e. The topological polar surface area (TPSA) is 37.8 Å². The second-order valence-electron chi connectivity index (χ2n) is 3.85. The Labute approximate surface area is 112 Å². The van der Waals surface area contributed by atoms with Crippen molar-refractivity contribution < 1.29 is 4.21 Å². The van der Waals surface area contributed by atoms with E-state index in [1.54, 1.807) is 6.26 Å². The molecule has 1 atom stereocenters. The Kier molecular flexibility index (Phi) is 4.01. The zero-order valence-electron chi connectivity index (χ0n) is 9.40. The Morgan fingerprint density at radius 3 is 3.00 bits per heavy atom. The molecule has 1 aromatic carbocycles. The number of hydrogen-bond acceptors (Lipinski definition) is 2. The largest absolute Gasteiger partial charge is 0.331 e. The Hall–Kier alpha value is -0.650. The van der Waals surface area contributed by atoms with E-state index in [1.807, 2.05) is 22.8 Å². The predicted octanol–water partition coefficient (Wildman–Crippen LogP) is 3.12. The first-order chi connectivity index (χ1) is 8.09. The molecule has 1 unspecified atom stereocenters. The van der Waals surface area contributed by atoms with Gasteiger partial charge in [-0.25, -0.2) is 0 Å². The first-order valence-corrected chi connectivity index (χ1v) is 7.78. The van der Waals surface area contributed by atoms with E-state index in [9.17, 15) is 4.21 Å². The number of hydrogen-bond donors (Lipinski definition) is 1. The molecule has 0 saturated carbocycles. The molecule has 0 saturated heterocycles. The molecular formula is C11H13ClN2OS2. The number of H-pyrrole nitrogens is 1. The highest BCUT2D eigenvalue weighted by Crippen LogP contribution is 2.23. The third kappa shape index (κ3) is 2.78. The van der Waals surface area contributed by atoms with Gasteiger partial charge in [0.05, 0.1) is 16.1 Å². The van der Waals surface area contributed by atoms with Crippen LogP contribution in [0.5, 0.6) is 0 Å². The second kappa shape index (κ2) is 5.33. The fourth-order valence-electron chi connectivity index (χ4n) is 1.81. The van der Waals surface area contributed by atoms with Gasteiger partial charge >= 0.3 is 0 Å². The van der Waals surface area contributed by atoms with Crippen LogP contribution in [0.25, 0.3) is 11.0 Å². The number of para-hydroxylation sites is 1. The highest BCUT2D eigenvalue weighted by atomic mass is 35.5. The lowest BCUT2D eigenvalue weighted by Gasteiger charge is -2.04. The molecule has 6 heteroatoms. The van der Waals surface area contributed by atoms with Gasteiger partial charge in [-0.15, -0.1) is 0 Å². The molecule has 1 aromatic heterocycles. The number of rotatable bonds is 4. The van der Waals surface area contributed by atoms with E-state index < -0.39 is 10.8 Å². The van der Waals surface area contributed by atoms with Crippen LogP contribution in [0.1, 0.15) is 6.42 Å². The van der Waals surface area contributed by atoms with Gasteiger partial charge in [0.2, 0.25) is 0 Å². The average molecular weight is 289 g/mol. The maximum atomic E-state index is 11.0. The number of nitrogens with one attached hydrogen (secondary N) is 1. The third-order valence-corrected chi connectivity index (χ3v) is 4.05. The van der Waals surface area contributed by atoms with E-state index in [4.69, 9.17) is 23.8 Å². The van der Waals surface area contributed by atoms with Crippen molar-refractivity contribution in [3.63, 3.8) is 0 Å². The predicted molar refractivity (Wildman–Crippen MR) is 75.7 cm³/mol. The molecule has 0 fully saturated rings. The summed E-state index contributed by atoms with van der Waals surface area (Å²) >= 11 is 11.4. The maximum absolute atomic E-state index is 11.0. The summed E-state index contributed by atoms with van der Waals surface area (Å²) < 4.78 is 13.7. The molecule has 0 aliphatic heterocycles. The van der Waals surface area contributed by atoms with Gasteiger partial charge in [0.15, 0.2) is 4.77 Å². The van der Waals surface area contributed by atoms with Crippen LogP contribution in [-0.2, 0) is 17.3 Å². The summed E-state index contributed by atoms with van der Waals surface area (Å²) in [6, 6.07) is 5.69. The van der Waals surface area contributed by atoms with E-state index in [0.29, 0.717) is 15.5 Å². The van der Waals surface area contributed by atoms with Crippen molar-refractivity contribution >= 4 is 45.7 Å². The van der Waals surface area contributed by atoms with E-state index >= 15 is 0 Å². The molecule has 0 amide bonds. The standard InChI is InChI=1S/C11H13ClN2OS2/c1-17(15)7-3-6-14-10-8(12)4-2-5-9(10)13-11(14)16/h2,4-5H,3,6-7H2,1H3,(H,13,16). The highest BCUT2D eigenvalue weighted by Gasteiger charge is 2.07. The molecule has 2 aromatic rings. The summed E-state index contributed by atoms with van der Waals surface area (Å²) in [4.78, 5) is 3.12. The van der Waals surface area contributed by atoms with Gasteiger partial charge in [-0.05, 0) is 30.8 Å². The van der Waals surface area contributed by atoms with Gasteiger partial charge in [0.1, 0.15) is 0 Å². The normalized spacial score (nSPS) is 13.1. The van der Waals surface area contributed by atoms with Gasteiger partial charge in [-0.1, -0.05) is 17.7 Å². The van der Waals surface area contributed by atoms with Crippen molar-refractivity contribution in [1.29, 1.82) is 0 Å². The molecule has 3 nitrogen and oxygen atoms in total. The Morgan fingerprint density at radius 1 is 1.53 bits per heavy atom. The number of halogens is 1. The lowest BCUT2D eigenvalue weighted by atomic mass is 10.3. The van der Waals surface area contributed by atoms with Crippen molar-refractivity contribution in [3.05, 3.63) is 28.0 Å². The number of nitrogens with zero attached hydrogens (tertiary/aromatic N) is 1. The summed E-state index contributed by atoms with van der Waals surface area (Å²) in [5.74, 6) is 0.679. The van der Waals surface area contributed by atoms with Crippen LogP contribution in [0.3, 0.4) is 0 Å². The number of aryl methyl sites for hydroxylation is 1. The number of fused-ring (bicyclic) bond motifs is 1. The average Bonchev–Trinajstić information content (AvgIpc) is 2.56. The minimum Gasteiger partial charge on any atom is -0.331 e. The SMILES string of the molecule is CS(=O)CCCn1c(=S)[nH]c2cccc(Cl)c21. The first-order valence-electron chi connectivity index (χ1n) is 5.26. The van der Waals surface area contributed by atoms with Crippen LogP contribution in [0.4, 0.5) is 0 Å². The lowest BCUT2D eigenvalue weighted by molar-refractivity contribution is 0.665. The molecule has 17 heavy (non-hydrogen) atoms. The van der Waals surface area contributed by atoms with Crippen molar-refractivity contribution in [2.24, 2.45) is 0 Å². The summed E-state index contributed by atoms with van der Waals surface area (Å²) in [5.41, 5.74) is 1.88. The molecule has 92 valence electrons. The van der Waals surface area contributed by atoms with E-state index in [2.05, 4.69) is 4.98 Å². The Balaban J connectivity index is 2.36. The summed E-state index contributed by atoms with van der Waals surface area (Å²) in [6.45, 7) is 0.738. The van der Waals surface area contributed by atoms with Gasteiger partial charge in [-0.3, -0.25) is 4.21 Å². The molecule has 0 aliphatic rings. The summed E-state index contributed by atoms with van der Waals surface area (Å²) in [7, 11) is -0.763. The van der Waals surface area contributed by atoms with Crippen LogP contribution in [0.15, 0.2) is 18.2 Å². The molecule has 0 aliphatic carbocycles. The van der Waals surface area contributed by atoms with Crippen molar-refractivity contribution in [2.75, 3.05) is 12.0 Å². The van der Waals surface area contributed by atoms with Gasteiger partial charge in [0.25, 0.3) is 0 Å². The zero-order valence-corrected chi connectivity index (χ0v) is 11.8. The highest BCUT2D eigenvalue weighted by molar-refractivity contribution is 7.84. The molecule has 0 bridgehead atoms. The molecule has 0 spiro atoms. The molecular weight excluding hydrogens is 276 g/mol. The fraction of sp³-hybridized carbons (Fsp3) is 0.364. The van der Waals surface area contributed by atoms with E-state index in [0.717, 1.165) is 24.0 Å². The van der Waals surface area contributed by atoms with Gasteiger partial charge < -0.3 is 9.55 Å². The van der Waals surface area contributed by atoms with Crippen molar-refractivity contribution in [1.82, 2.24) is 9.55 Å². The lowest BCUT2D eigenvalue weighted by Crippen LogP contribution is -2.03. The molecule has 1 heterocycles. The van der Waals surface area contributed by atoms with Gasteiger partial charge in [0, 0.05) is 29.4 Å². The second-order valence-corrected chi connectivity index (χ2v) is 6.20. The number of imidazole rings is 1. The summed E-state index contributed by atoms with van der Waals surface area (Å²) in [5, 5.41) is 0.687. The third-order valence-electron chi connectivity index (χ3n) is 2.56. The van der Waals surface area contributed by atoms with Crippen LogP contribution >= 0.6 is 23.8 Å². The molecule has 2 rings (SSSR count). The first kappa shape index (κ1) is 12.8. The monoisotopic (exact) mass is 288 g/mol. The number of aromatic amines is 1. The molecule has 1 N–H and O–H groups in total. The number of aromatic nitrogens is 2. The number of benzene rings is 1. The Bertz CT molecular complexity index is 617. The smallest absolute Gasteiger partial charge is 0.178 e. The van der Waals surface area contributed by atoms with Crippen LogP contribution in [-0.4, -0.2) is 25.8 Å². The zero-order chi connectivity index (χ0) is 12.4. The van der Waals surface area contributed by atoms with Crippen molar-refractivity contribution in [3.8, 4) is 0 Å². The van der Waals surface area contributed by atoms with Gasteiger partial charge in [-0.2, -0.15) is 0 Å². The van der Waals surface area contributed by atoms with E-state index in [-0.39, 0.29) is 0 Å². The molecule has 0 radical (unpaired) electrons. The fourth-order valence-corrected chi connectivity index (χ4v) is 2.92. The van der Waals surface area contributed by atoms with Crippen LogP contribution in [0.2, 0.25) is 5.02 Å². The van der Waals surface area contributed by atoms with E-state index in [1.165, 1.54) is 0 Å². The minimum atomic E-state index is -0.763. The van der Waals surface area contributed by atoms with Crippen LogP contribution in [0, 0.1) is 4.77 Å². The quantitative estimate of drug-likeness (QED) is 0.878. The Morgan fingerprint density at radius 2 is 2.29 bits per heavy atom. The van der Waals surface area contributed by atoms with Crippen molar-refractivity contribution in [2.45, 2.75) is 13.0 Å². The minimum absolute atomic E-state index is 0.662. The van der Waals surface area contributed by atoms with Crippen LogP contribution < -0.4 is 0 Å².